The van der Waals surface area contributed by atoms with Crippen molar-refractivity contribution in [3.05, 3.63) is 53.5 Å². The van der Waals surface area contributed by atoms with Gasteiger partial charge in [-0.25, -0.2) is 9.97 Å². The zero-order chi connectivity index (χ0) is 13.9. The lowest BCUT2D eigenvalue weighted by Crippen LogP contribution is -2.25. The number of ether oxygens (including phenoxy) is 1. The van der Waals surface area contributed by atoms with Crippen LogP contribution in [0.1, 0.15) is 29.7 Å². The molecule has 0 saturated carbocycles. The van der Waals surface area contributed by atoms with Gasteiger partial charge in [-0.3, -0.25) is 0 Å². The van der Waals surface area contributed by atoms with Gasteiger partial charge in [-0.2, -0.15) is 0 Å². The lowest BCUT2D eigenvalue weighted by molar-refractivity contribution is 0.0976. The molecule has 0 fully saturated rings. The SMILES string of the molecule is CCN(C)c1ncnc2c1COCC2c1ccccc1. The van der Waals surface area contributed by atoms with Gasteiger partial charge in [-0.05, 0) is 12.5 Å². The van der Waals surface area contributed by atoms with Gasteiger partial charge in [0.1, 0.15) is 12.1 Å². The molecule has 3 rings (SSSR count). The van der Waals surface area contributed by atoms with Crippen LogP contribution in [-0.2, 0) is 11.3 Å². The zero-order valence-corrected chi connectivity index (χ0v) is 11.9. The standard InChI is InChI=1S/C16H19N3O/c1-3-19(2)16-14-10-20-9-13(15(14)17-11-18-16)12-7-5-4-6-8-12/h4-8,11,13H,3,9-10H2,1-2H3. The normalized spacial score (nSPS) is 17.6. The van der Waals surface area contributed by atoms with Crippen molar-refractivity contribution in [2.75, 3.05) is 25.1 Å². The minimum atomic E-state index is 0.201. The average Bonchev–Trinajstić information content (AvgIpc) is 2.54. The summed E-state index contributed by atoms with van der Waals surface area (Å²) in [6.07, 6.45) is 1.67. The van der Waals surface area contributed by atoms with Gasteiger partial charge in [0.25, 0.3) is 0 Å². The molecule has 4 nitrogen and oxygen atoms in total. The second-order valence-corrected chi connectivity index (χ2v) is 5.05. The molecule has 1 aromatic heterocycles. The fraction of sp³-hybridized carbons (Fsp3) is 0.375. The Balaban J connectivity index is 2.06. The van der Waals surface area contributed by atoms with Crippen LogP contribution in [0, 0.1) is 0 Å². The van der Waals surface area contributed by atoms with Crippen LogP contribution in [0.15, 0.2) is 36.7 Å². The minimum Gasteiger partial charge on any atom is -0.376 e. The van der Waals surface area contributed by atoms with Crippen LogP contribution in [0.4, 0.5) is 5.82 Å². The summed E-state index contributed by atoms with van der Waals surface area (Å²) in [5.74, 6) is 1.19. The molecule has 0 radical (unpaired) electrons. The van der Waals surface area contributed by atoms with E-state index in [0.29, 0.717) is 13.2 Å². The highest BCUT2D eigenvalue weighted by molar-refractivity contribution is 5.50. The van der Waals surface area contributed by atoms with E-state index in [2.05, 4.69) is 53.1 Å². The van der Waals surface area contributed by atoms with Gasteiger partial charge in [0.15, 0.2) is 0 Å². The Bertz CT molecular complexity index is 586. The van der Waals surface area contributed by atoms with Gasteiger partial charge >= 0.3 is 0 Å². The molecule has 0 saturated heterocycles. The molecule has 0 aliphatic carbocycles. The molecule has 1 atom stereocenters. The van der Waals surface area contributed by atoms with Crippen LogP contribution in [0.3, 0.4) is 0 Å². The van der Waals surface area contributed by atoms with Crippen molar-refractivity contribution in [2.45, 2.75) is 19.4 Å². The summed E-state index contributed by atoms with van der Waals surface area (Å²) < 4.78 is 5.79. The van der Waals surface area contributed by atoms with Crippen molar-refractivity contribution in [1.29, 1.82) is 0 Å². The van der Waals surface area contributed by atoms with E-state index in [4.69, 9.17) is 4.74 Å². The lowest BCUT2D eigenvalue weighted by atomic mass is 9.91. The number of nitrogens with zero attached hydrogens (tertiary/aromatic N) is 3. The first-order valence-corrected chi connectivity index (χ1v) is 6.98. The first kappa shape index (κ1) is 13.1. The number of hydrogen-bond donors (Lipinski definition) is 0. The van der Waals surface area contributed by atoms with Crippen LogP contribution in [0.2, 0.25) is 0 Å². The van der Waals surface area contributed by atoms with Crippen LogP contribution >= 0.6 is 0 Å². The van der Waals surface area contributed by atoms with Crippen LogP contribution in [-0.4, -0.2) is 30.2 Å². The number of hydrogen-bond acceptors (Lipinski definition) is 4. The predicted octanol–water partition coefficient (Wildman–Crippen LogP) is 2.59. The first-order valence-electron chi connectivity index (χ1n) is 6.98. The molecule has 1 aliphatic rings. The number of benzene rings is 1. The van der Waals surface area contributed by atoms with E-state index in [0.717, 1.165) is 23.6 Å². The second kappa shape index (κ2) is 5.59. The molecule has 104 valence electrons. The lowest BCUT2D eigenvalue weighted by Gasteiger charge is -2.28. The Hall–Kier alpha value is -1.94. The summed E-state index contributed by atoms with van der Waals surface area (Å²) >= 11 is 0. The van der Waals surface area contributed by atoms with E-state index < -0.39 is 0 Å². The second-order valence-electron chi connectivity index (χ2n) is 5.05. The first-order chi connectivity index (χ1) is 9.81. The molecule has 0 spiro atoms. The Labute approximate surface area is 119 Å². The molecule has 0 N–H and O–H groups in total. The number of fused-ring (bicyclic) bond motifs is 1. The Morgan fingerprint density at radius 3 is 2.80 bits per heavy atom. The van der Waals surface area contributed by atoms with Crippen LogP contribution < -0.4 is 4.90 Å². The highest BCUT2D eigenvalue weighted by atomic mass is 16.5. The molecule has 0 amide bonds. The topological polar surface area (TPSA) is 38.2 Å². The van der Waals surface area contributed by atoms with E-state index in [1.54, 1.807) is 6.33 Å². The molecule has 2 heterocycles. The maximum Gasteiger partial charge on any atom is 0.137 e. The Morgan fingerprint density at radius 2 is 2.05 bits per heavy atom. The molecule has 1 unspecified atom stereocenters. The van der Waals surface area contributed by atoms with Gasteiger partial charge in [0, 0.05) is 19.2 Å². The van der Waals surface area contributed by atoms with Crippen LogP contribution in [0.5, 0.6) is 0 Å². The summed E-state index contributed by atoms with van der Waals surface area (Å²) in [5, 5.41) is 0. The van der Waals surface area contributed by atoms with Crippen molar-refractivity contribution in [3.8, 4) is 0 Å². The monoisotopic (exact) mass is 269 g/mol. The third-order valence-corrected chi connectivity index (χ3v) is 3.85. The van der Waals surface area contributed by atoms with Gasteiger partial charge in [-0.1, -0.05) is 30.3 Å². The molecule has 2 aromatic rings. The molecule has 1 aromatic carbocycles. The van der Waals surface area contributed by atoms with Crippen molar-refractivity contribution >= 4 is 5.82 Å². The van der Waals surface area contributed by atoms with E-state index >= 15 is 0 Å². The van der Waals surface area contributed by atoms with Crippen molar-refractivity contribution in [1.82, 2.24) is 9.97 Å². The predicted molar refractivity (Wildman–Crippen MR) is 78.9 cm³/mol. The van der Waals surface area contributed by atoms with Crippen molar-refractivity contribution in [3.63, 3.8) is 0 Å². The fourth-order valence-electron chi connectivity index (χ4n) is 2.63. The van der Waals surface area contributed by atoms with Crippen molar-refractivity contribution in [2.24, 2.45) is 0 Å². The summed E-state index contributed by atoms with van der Waals surface area (Å²) in [4.78, 5) is 11.1. The van der Waals surface area contributed by atoms with Crippen LogP contribution in [0.25, 0.3) is 0 Å². The molecule has 1 aliphatic heterocycles. The molecule has 20 heavy (non-hydrogen) atoms. The fourth-order valence-corrected chi connectivity index (χ4v) is 2.63. The highest BCUT2D eigenvalue weighted by Crippen LogP contribution is 2.33. The third-order valence-electron chi connectivity index (χ3n) is 3.85. The number of aromatic nitrogens is 2. The van der Waals surface area contributed by atoms with E-state index in [9.17, 15) is 0 Å². The Kier molecular flexibility index (Phi) is 3.65. The Morgan fingerprint density at radius 1 is 1.25 bits per heavy atom. The minimum absolute atomic E-state index is 0.201. The smallest absolute Gasteiger partial charge is 0.137 e. The van der Waals surface area contributed by atoms with Gasteiger partial charge < -0.3 is 9.64 Å². The van der Waals surface area contributed by atoms with E-state index in [1.165, 1.54) is 5.56 Å². The van der Waals surface area contributed by atoms with E-state index in [-0.39, 0.29) is 5.92 Å². The largest absolute Gasteiger partial charge is 0.376 e. The van der Waals surface area contributed by atoms with Crippen molar-refractivity contribution < 1.29 is 4.74 Å². The van der Waals surface area contributed by atoms with Gasteiger partial charge in [0.2, 0.25) is 0 Å². The number of rotatable bonds is 3. The summed E-state index contributed by atoms with van der Waals surface area (Å²) in [6.45, 7) is 4.31. The maximum absolute atomic E-state index is 5.79. The van der Waals surface area contributed by atoms with Gasteiger partial charge in [0.05, 0.1) is 24.8 Å². The summed E-state index contributed by atoms with van der Waals surface area (Å²) in [6, 6.07) is 10.4. The van der Waals surface area contributed by atoms with E-state index in [1.807, 2.05) is 6.07 Å². The molecular formula is C16H19N3O. The third kappa shape index (κ3) is 2.27. The summed E-state index contributed by atoms with van der Waals surface area (Å²) in [5.41, 5.74) is 3.47. The molecular weight excluding hydrogens is 250 g/mol. The van der Waals surface area contributed by atoms with Gasteiger partial charge in [-0.15, -0.1) is 0 Å². The number of anilines is 1. The summed E-state index contributed by atoms with van der Waals surface area (Å²) in [7, 11) is 2.05. The quantitative estimate of drug-likeness (QED) is 0.858. The highest BCUT2D eigenvalue weighted by Gasteiger charge is 2.27. The zero-order valence-electron chi connectivity index (χ0n) is 11.9. The average molecular weight is 269 g/mol. The maximum atomic E-state index is 5.79. The molecule has 4 heteroatoms. The molecule has 0 bridgehead atoms.